The maximum Gasteiger partial charge on any atom is 0.160 e. The molecule has 0 unspecified atom stereocenters. The molecule has 3 N–H and O–H groups in total. The Morgan fingerprint density at radius 3 is 2.41 bits per heavy atom. The SMILES string of the molecule is C=C(N)NCc1cccc(C(C)=O)c1C(C)=O. The Bertz CT molecular complexity index is 478. The number of nitrogens with one attached hydrogen (secondary N) is 1. The second kappa shape index (κ2) is 5.30. The van der Waals surface area contributed by atoms with Crippen LogP contribution in [-0.2, 0) is 6.54 Å². The molecule has 1 aromatic rings. The molecule has 4 heteroatoms. The van der Waals surface area contributed by atoms with E-state index in [1.165, 1.54) is 13.8 Å². The molecule has 0 aliphatic carbocycles. The minimum absolute atomic E-state index is 0.122. The maximum absolute atomic E-state index is 11.6. The number of carbonyl (C=O) groups excluding carboxylic acids is 2. The summed E-state index contributed by atoms with van der Waals surface area (Å²) >= 11 is 0. The van der Waals surface area contributed by atoms with Gasteiger partial charge in [0.15, 0.2) is 11.6 Å². The molecule has 0 bridgehead atoms. The van der Waals surface area contributed by atoms with Crippen LogP contribution in [-0.4, -0.2) is 11.6 Å². The number of carbonyl (C=O) groups is 2. The van der Waals surface area contributed by atoms with Crippen LogP contribution in [0.1, 0.15) is 40.1 Å². The third-order valence-electron chi connectivity index (χ3n) is 2.39. The number of ketones is 2. The van der Waals surface area contributed by atoms with E-state index < -0.39 is 0 Å². The third-order valence-corrected chi connectivity index (χ3v) is 2.39. The van der Waals surface area contributed by atoms with Crippen LogP contribution in [0.15, 0.2) is 30.6 Å². The van der Waals surface area contributed by atoms with Gasteiger partial charge in [-0.2, -0.15) is 0 Å². The van der Waals surface area contributed by atoms with Crippen molar-refractivity contribution in [3.8, 4) is 0 Å². The highest BCUT2D eigenvalue weighted by molar-refractivity contribution is 6.08. The van der Waals surface area contributed by atoms with E-state index in [1.807, 2.05) is 0 Å². The Morgan fingerprint density at radius 1 is 1.29 bits per heavy atom. The van der Waals surface area contributed by atoms with Crippen LogP contribution < -0.4 is 11.1 Å². The van der Waals surface area contributed by atoms with E-state index >= 15 is 0 Å². The summed E-state index contributed by atoms with van der Waals surface area (Å²) in [6, 6.07) is 5.19. The topological polar surface area (TPSA) is 72.2 Å². The highest BCUT2D eigenvalue weighted by atomic mass is 16.1. The average Bonchev–Trinajstić information content (AvgIpc) is 2.25. The van der Waals surface area contributed by atoms with Gasteiger partial charge in [-0.25, -0.2) is 0 Å². The minimum atomic E-state index is -0.129. The number of benzene rings is 1. The van der Waals surface area contributed by atoms with E-state index in [9.17, 15) is 9.59 Å². The zero-order valence-corrected chi connectivity index (χ0v) is 10.0. The summed E-state index contributed by atoms with van der Waals surface area (Å²) < 4.78 is 0. The summed E-state index contributed by atoms with van der Waals surface area (Å²) in [7, 11) is 0. The molecular weight excluding hydrogens is 216 g/mol. The van der Waals surface area contributed by atoms with Gasteiger partial charge in [0.05, 0.1) is 5.82 Å². The van der Waals surface area contributed by atoms with Gasteiger partial charge < -0.3 is 11.1 Å². The first kappa shape index (κ1) is 13.0. The molecule has 0 amide bonds. The second-order valence-corrected chi connectivity index (χ2v) is 3.83. The number of hydrogen-bond donors (Lipinski definition) is 2. The highest BCUT2D eigenvalue weighted by Crippen LogP contribution is 2.16. The predicted octanol–water partition coefficient (Wildman–Crippen LogP) is 1.61. The summed E-state index contributed by atoms with van der Waals surface area (Å²) in [5, 5.41) is 2.84. The van der Waals surface area contributed by atoms with Crippen LogP contribution in [0.2, 0.25) is 0 Å². The molecule has 1 aromatic carbocycles. The number of rotatable bonds is 5. The van der Waals surface area contributed by atoms with Crippen molar-refractivity contribution in [1.82, 2.24) is 5.32 Å². The molecule has 0 heterocycles. The Hall–Kier alpha value is -2.10. The predicted molar refractivity (Wildman–Crippen MR) is 66.6 cm³/mol. The van der Waals surface area contributed by atoms with Crippen molar-refractivity contribution in [2.45, 2.75) is 20.4 Å². The number of hydrogen-bond acceptors (Lipinski definition) is 4. The number of Topliss-reactive ketones (excluding diaryl/α,β-unsaturated/α-hetero) is 2. The Labute approximate surface area is 101 Å². The zero-order valence-electron chi connectivity index (χ0n) is 10.0. The van der Waals surface area contributed by atoms with Gasteiger partial charge >= 0.3 is 0 Å². The quantitative estimate of drug-likeness (QED) is 0.756. The van der Waals surface area contributed by atoms with Gasteiger partial charge in [0, 0.05) is 17.7 Å². The molecular formula is C13H16N2O2. The molecule has 17 heavy (non-hydrogen) atoms. The third kappa shape index (κ3) is 3.17. The summed E-state index contributed by atoms with van der Waals surface area (Å²) in [5.41, 5.74) is 7.05. The van der Waals surface area contributed by atoms with Crippen LogP contribution >= 0.6 is 0 Å². The van der Waals surface area contributed by atoms with Gasteiger partial charge in [-0.05, 0) is 19.4 Å². The molecule has 0 spiro atoms. The highest BCUT2D eigenvalue weighted by Gasteiger charge is 2.15. The van der Waals surface area contributed by atoms with E-state index in [-0.39, 0.29) is 11.6 Å². The molecule has 0 aromatic heterocycles. The van der Waals surface area contributed by atoms with Crippen LogP contribution in [0, 0.1) is 0 Å². The van der Waals surface area contributed by atoms with Crippen molar-refractivity contribution in [1.29, 1.82) is 0 Å². The van der Waals surface area contributed by atoms with E-state index in [2.05, 4.69) is 11.9 Å². The summed E-state index contributed by atoms with van der Waals surface area (Å²) in [5.74, 6) is 0.0755. The van der Waals surface area contributed by atoms with Gasteiger partial charge in [0.1, 0.15) is 0 Å². The van der Waals surface area contributed by atoms with Crippen molar-refractivity contribution < 1.29 is 9.59 Å². The van der Waals surface area contributed by atoms with Gasteiger partial charge in [-0.1, -0.05) is 24.8 Å². The van der Waals surface area contributed by atoms with Crippen molar-refractivity contribution in [3.05, 3.63) is 47.3 Å². The normalized spacial score (nSPS) is 9.76. The zero-order chi connectivity index (χ0) is 13.0. The summed E-state index contributed by atoms with van der Waals surface area (Å²) in [6.45, 7) is 6.79. The van der Waals surface area contributed by atoms with Crippen molar-refractivity contribution >= 4 is 11.6 Å². The monoisotopic (exact) mass is 232 g/mol. The van der Waals surface area contributed by atoms with E-state index in [4.69, 9.17) is 5.73 Å². The Kier molecular flexibility index (Phi) is 4.04. The lowest BCUT2D eigenvalue weighted by Crippen LogP contribution is -2.20. The van der Waals surface area contributed by atoms with Crippen molar-refractivity contribution in [2.24, 2.45) is 5.73 Å². The molecule has 0 aliphatic rings. The van der Waals surface area contributed by atoms with Crippen LogP contribution in [0.5, 0.6) is 0 Å². The van der Waals surface area contributed by atoms with E-state index in [1.54, 1.807) is 18.2 Å². The first-order valence-corrected chi connectivity index (χ1v) is 5.25. The molecule has 0 saturated carbocycles. The largest absolute Gasteiger partial charge is 0.386 e. The van der Waals surface area contributed by atoms with Gasteiger partial charge in [-0.15, -0.1) is 0 Å². The lowest BCUT2D eigenvalue weighted by atomic mass is 9.96. The van der Waals surface area contributed by atoms with Crippen LogP contribution in [0.4, 0.5) is 0 Å². The lowest BCUT2D eigenvalue weighted by molar-refractivity contribution is 0.0980. The molecule has 0 radical (unpaired) electrons. The molecule has 0 fully saturated rings. The van der Waals surface area contributed by atoms with E-state index in [0.29, 0.717) is 23.5 Å². The average molecular weight is 232 g/mol. The Morgan fingerprint density at radius 2 is 1.94 bits per heavy atom. The molecule has 0 saturated heterocycles. The second-order valence-electron chi connectivity index (χ2n) is 3.83. The Balaban J connectivity index is 3.20. The first-order valence-electron chi connectivity index (χ1n) is 5.25. The van der Waals surface area contributed by atoms with Gasteiger partial charge in [0.25, 0.3) is 0 Å². The van der Waals surface area contributed by atoms with Crippen molar-refractivity contribution in [3.63, 3.8) is 0 Å². The number of nitrogens with two attached hydrogens (primary N) is 1. The molecule has 4 nitrogen and oxygen atoms in total. The van der Waals surface area contributed by atoms with Crippen LogP contribution in [0.3, 0.4) is 0 Å². The minimum Gasteiger partial charge on any atom is -0.386 e. The summed E-state index contributed by atoms with van der Waals surface area (Å²) in [6.07, 6.45) is 0. The van der Waals surface area contributed by atoms with Gasteiger partial charge in [-0.3, -0.25) is 9.59 Å². The maximum atomic E-state index is 11.6. The van der Waals surface area contributed by atoms with Gasteiger partial charge in [0.2, 0.25) is 0 Å². The lowest BCUT2D eigenvalue weighted by Gasteiger charge is -2.12. The first-order chi connectivity index (χ1) is 7.93. The van der Waals surface area contributed by atoms with E-state index in [0.717, 1.165) is 5.56 Å². The summed E-state index contributed by atoms with van der Waals surface area (Å²) in [4.78, 5) is 23.0. The smallest absolute Gasteiger partial charge is 0.160 e. The fraction of sp³-hybridized carbons (Fsp3) is 0.231. The van der Waals surface area contributed by atoms with Crippen molar-refractivity contribution in [2.75, 3.05) is 0 Å². The molecule has 0 aliphatic heterocycles. The molecule has 1 rings (SSSR count). The fourth-order valence-corrected chi connectivity index (χ4v) is 1.67. The standard InChI is InChI=1S/C13H16N2O2/c1-8(16)12-6-4-5-11(7-15-10(3)14)13(12)9(2)17/h4-6,15H,3,7,14H2,1-2H3. The van der Waals surface area contributed by atoms with Crippen LogP contribution in [0.25, 0.3) is 0 Å². The molecule has 0 atom stereocenters. The molecule has 90 valence electrons. The fourth-order valence-electron chi connectivity index (χ4n) is 1.67.